The lowest BCUT2D eigenvalue weighted by Gasteiger charge is -2.07. The molecule has 1 rings (SSSR count). The van der Waals surface area contributed by atoms with Crippen molar-refractivity contribution in [1.82, 2.24) is 10.9 Å². The van der Waals surface area contributed by atoms with Gasteiger partial charge in [0, 0.05) is 24.2 Å². The van der Waals surface area contributed by atoms with Crippen molar-refractivity contribution in [2.75, 3.05) is 11.9 Å². The molecule has 7 N–H and O–H groups in total. The molecule has 19 heavy (non-hydrogen) atoms. The Balaban J connectivity index is 2.26. The van der Waals surface area contributed by atoms with Crippen molar-refractivity contribution in [3.05, 3.63) is 29.8 Å². The third-order valence-electron chi connectivity index (χ3n) is 2.60. The smallest absolute Gasteiger partial charge is 0.265 e. The second-order valence-electron chi connectivity index (χ2n) is 4.00. The second-order valence-corrected chi connectivity index (χ2v) is 4.00. The van der Waals surface area contributed by atoms with Gasteiger partial charge in [0.05, 0.1) is 0 Å². The molecule has 0 radical (unpaired) electrons. The molecule has 104 valence electrons. The maximum absolute atomic E-state index is 11.2. The first kappa shape index (κ1) is 14.9. The van der Waals surface area contributed by atoms with Crippen molar-refractivity contribution in [2.24, 2.45) is 11.7 Å². The zero-order chi connectivity index (χ0) is 14.1. The van der Waals surface area contributed by atoms with E-state index in [9.17, 15) is 9.59 Å². The Morgan fingerprint density at radius 3 is 2.26 bits per heavy atom. The maximum Gasteiger partial charge on any atom is 0.265 e. The Morgan fingerprint density at radius 1 is 1.00 bits per heavy atom. The van der Waals surface area contributed by atoms with Gasteiger partial charge in [-0.2, -0.15) is 0 Å². The first-order chi connectivity index (χ1) is 9.17. The van der Waals surface area contributed by atoms with Crippen LogP contribution in [-0.4, -0.2) is 18.4 Å². The number of nitrogens with one attached hydrogen (secondary N) is 3. The zero-order valence-electron chi connectivity index (χ0n) is 10.6. The van der Waals surface area contributed by atoms with Gasteiger partial charge in [-0.25, -0.2) is 11.7 Å². The number of unbranched alkanes of at least 4 members (excludes halogenated alkanes) is 1. The summed E-state index contributed by atoms with van der Waals surface area (Å²) in [4.78, 5) is 22.1. The van der Waals surface area contributed by atoms with Gasteiger partial charge in [0.1, 0.15) is 0 Å². The van der Waals surface area contributed by atoms with Crippen molar-refractivity contribution in [3.63, 3.8) is 0 Å². The Bertz CT molecular complexity index is 419. The quantitative estimate of drug-likeness (QED) is 0.203. The molecular formula is C12H19N5O2. The van der Waals surface area contributed by atoms with E-state index in [1.807, 2.05) is 0 Å². The van der Waals surface area contributed by atoms with Crippen LogP contribution < -0.4 is 27.9 Å². The van der Waals surface area contributed by atoms with Gasteiger partial charge in [-0.1, -0.05) is 0 Å². The average molecular weight is 265 g/mol. The van der Waals surface area contributed by atoms with Gasteiger partial charge in [0.2, 0.25) is 5.91 Å². The molecule has 0 spiro atoms. The van der Waals surface area contributed by atoms with Crippen LogP contribution in [0.1, 0.15) is 29.6 Å². The summed E-state index contributed by atoms with van der Waals surface area (Å²) in [5.74, 6) is 9.53. The molecule has 0 heterocycles. The van der Waals surface area contributed by atoms with Gasteiger partial charge in [0.25, 0.3) is 5.91 Å². The number of nitrogens with two attached hydrogens (primary N) is 2. The van der Waals surface area contributed by atoms with Crippen LogP contribution in [0, 0.1) is 0 Å². The van der Waals surface area contributed by atoms with E-state index in [0.717, 1.165) is 25.1 Å². The Hall–Kier alpha value is -2.12. The largest absolute Gasteiger partial charge is 0.385 e. The standard InChI is InChI=1S/C12H19N5O2/c13-16-11(18)3-1-2-8-15-10-6-4-9(5-7-10)12(19)17-14/h4-7,15H,1-3,8,13-14H2,(H,16,18)(H,17,19). The minimum Gasteiger partial charge on any atom is -0.385 e. The van der Waals surface area contributed by atoms with E-state index in [4.69, 9.17) is 11.7 Å². The molecule has 7 heteroatoms. The summed E-state index contributed by atoms with van der Waals surface area (Å²) in [6, 6.07) is 6.98. The minimum atomic E-state index is -0.320. The van der Waals surface area contributed by atoms with Crippen molar-refractivity contribution in [1.29, 1.82) is 0 Å². The van der Waals surface area contributed by atoms with Crippen molar-refractivity contribution in [3.8, 4) is 0 Å². The second kappa shape index (κ2) is 8.06. The van der Waals surface area contributed by atoms with Gasteiger partial charge < -0.3 is 5.32 Å². The fourth-order valence-corrected chi connectivity index (χ4v) is 1.54. The Morgan fingerprint density at radius 2 is 1.68 bits per heavy atom. The lowest BCUT2D eigenvalue weighted by Crippen LogP contribution is -2.29. The molecule has 0 aliphatic rings. The van der Waals surface area contributed by atoms with Crippen molar-refractivity contribution in [2.45, 2.75) is 19.3 Å². The van der Waals surface area contributed by atoms with Crippen LogP contribution in [0.5, 0.6) is 0 Å². The van der Waals surface area contributed by atoms with Gasteiger partial charge >= 0.3 is 0 Å². The molecule has 0 aromatic heterocycles. The van der Waals surface area contributed by atoms with Crippen LogP contribution >= 0.6 is 0 Å². The third-order valence-corrected chi connectivity index (χ3v) is 2.60. The maximum atomic E-state index is 11.2. The number of hydrazine groups is 2. The summed E-state index contributed by atoms with van der Waals surface area (Å²) in [7, 11) is 0. The molecular weight excluding hydrogens is 246 g/mol. The summed E-state index contributed by atoms with van der Waals surface area (Å²) >= 11 is 0. The van der Waals surface area contributed by atoms with Gasteiger partial charge in [-0.15, -0.1) is 0 Å². The molecule has 2 amide bonds. The highest BCUT2D eigenvalue weighted by atomic mass is 16.2. The zero-order valence-corrected chi connectivity index (χ0v) is 10.6. The van der Waals surface area contributed by atoms with E-state index in [2.05, 4.69) is 16.2 Å². The highest BCUT2D eigenvalue weighted by molar-refractivity contribution is 5.94. The first-order valence-corrected chi connectivity index (χ1v) is 6.01. The Kier molecular flexibility index (Phi) is 6.34. The monoisotopic (exact) mass is 265 g/mol. The van der Waals surface area contributed by atoms with Gasteiger partial charge in [-0.05, 0) is 37.1 Å². The molecule has 0 saturated carbocycles. The molecule has 0 bridgehead atoms. The summed E-state index contributed by atoms with van der Waals surface area (Å²) < 4.78 is 0. The van der Waals surface area contributed by atoms with E-state index >= 15 is 0 Å². The molecule has 1 aromatic rings. The summed E-state index contributed by atoms with van der Waals surface area (Å²) in [6.07, 6.45) is 2.05. The SMILES string of the molecule is NNC(=O)CCCCNc1ccc(C(=O)NN)cc1. The molecule has 0 fully saturated rings. The van der Waals surface area contributed by atoms with Crippen LogP contribution in [0.2, 0.25) is 0 Å². The predicted octanol–water partition coefficient (Wildman–Crippen LogP) is -0.138. The number of amides is 2. The van der Waals surface area contributed by atoms with Crippen LogP contribution in [-0.2, 0) is 4.79 Å². The van der Waals surface area contributed by atoms with Crippen LogP contribution in [0.4, 0.5) is 5.69 Å². The third kappa shape index (κ3) is 5.36. The van der Waals surface area contributed by atoms with Crippen LogP contribution in [0.15, 0.2) is 24.3 Å². The highest BCUT2D eigenvalue weighted by Crippen LogP contribution is 2.09. The summed E-state index contributed by atoms with van der Waals surface area (Å²) in [6.45, 7) is 0.750. The van der Waals surface area contributed by atoms with E-state index < -0.39 is 0 Å². The van der Waals surface area contributed by atoms with Crippen LogP contribution in [0.25, 0.3) is 0 Å². The molecule has 1 aromatic carbocycles. The van der Waals surface area contributed by atoms with Crippen LogP contribution in [0.3, 0.4) is 0 Å². The molecule has 0 aliphatic heterocycles. The van der Waals surface area contributed by atoms with E-state index in [1.165, 1.54) is 0 Å². The van der Waals surface area contributed by atoms with Crippen molar-refractivity contribution < 1.29 is 9.59 Å². The number of rotatable bonds is 7. The van der Waals surface area contributed by atoms with E-state index in [1.54, 1.807) is 24.3 Å². The number of nitrogen functional groups attached to an aromatic ring is 1. The summed E-state index contributed by atoms with van der Waals surface area (Å²) in [5, 5.41) is 3.19. The normalized spacial score (nSPS) is 9.79. The molecule has 0 unspecified atom stereocenters. The number of benzene rings is 1. The van der Waals surface area contributed by atoms with Gasteiger partial charge in [0.15, 0.2) is 0 Å². The molecule has 0 aliphatic carbocycles. The predicted molar refractivity (Wildman–Crippen MR) is 72.8 cm³/mol. The number of hydrogen-bond acceptors (Lipinski definition) is 5. The fourth-order valence-electron chi connectivity index (χ4n) is 1.54. The van der Waals surface area contributed by atoms with E-state index in [0.29, 0.717) is 12.0 Å². The lowest BCUT2D eigenvalue weighted by molar-refractivity contribution is -0.121. The molecule has 0 atom stereocenters. The summed E-state index contributed by atoms with van der Waals surface area (Å²) in [5.41, 5.74) is 5.58. The molecule has 0 saturated heterocycles. The Labute approximate surface area is 111 Å². The lowest BCUT2D eigenvalue weighted by atomic mass is 10.2. The van der Waals surface area contributed by atoms with E-state index in [-0.39, 0.29) is 11.8 Å². The topological polar surface area (TPSA) is 122 Å². The molecule has 7 nitrogen and oxygen atoms in total. The average Bonchev–Trinajstić information content (AvgIpc) is 2.46. The number of hydrogen-bond donors (Lipinski definition) is 5. The van der Waals surface area contributed by atoms with Crippen molar-refractivity contribution >= 4 is 17.5 Å². The number of carbonyl (C=O) groups excluding carboxylic acids is 2. The fraction of sp³-hybridized carbons (Fsp3) is 0.333. The number of anilines is 1. The minimum absolute atomic E-state index is 0.155. The highest BCUT2D eigenvalue weighted by Gasteiger charge is 2.02. The first-order valence-electron chi connectivity index (χ1n) is 6.01. The number of carbonyl (C=O) groups is 2. The van der Waals surface area contributed by atoms with Gasteiger partial charge in [-0.3, -0.25) is 20.4 Å².